The number of likely N-dealkylation sites (N-methyl/N-ethyl adjacent to an activating group) is 1. The molecule has 0 saturated carbocycles. The van der Waals surface area contributed by atoms with Gasteiger partial charge in [0, 0.05) is 11.6 Å². The Morgan fingerprint density at radius 2 is 1.73 bits per heavy atom. The summed E-state index contributed by atoms with van der Waals surface area (Å²) in [6.07, 6.45) is 0. The van der Waals surface area contributed by atoms with E-state index < -0.39 is 5.82 Å². The lowest BCUT2D eigenvalue weighted by Crippen LogP contribution is -3.08. The van der Waals surface area contributed by atoms with Gasteiger partial charge in [-0.25, -0.2) is 4.39 Å². The first-order valence-corrected chi connectivity index (χ1v) is 8.12. The van der Waals surface area contributed by atoms with Crippen molar-refractivity contribution < 1.29 is 28.3 Å². The average Bonchev–Trinajstić information content (AvgIpc) is 2.61. The molecule has 0 radical (unpaired) electrons. The molecule has 140 valence electrons. The van der Waals surface area contributed by atoms with E-state index in [4.69, 9.17) is 14.2 Å². The van der Waals surface area contributed by atoms with Gasteiger partial charge in [-0.1, -0.05) is 0 Å². The summed E-state index contributed by atoms with van der Waals surface area (Å²) in [5.41, 5.74) is 1.33. The van der Waals surface area contributed by atoms with Crippen molar-refractivity contribution in [2.75, 3.05) is 40.2 Å². The number of amides is 1. The molecule has 7 heteroatoms. The van der Waals surface area contributed by atoms with Gasteiger partial charge in [0.15, 0.2) is 18.1 Å². The molecule has 1 amide bonds. The van der Waals surface area contributed by atoms with Gasteiger partial charge in [-0.05, 0) is 30.3 Å². The molecule has 0 saturated heterocycles. The fraction of sp³-hybridized carbons (Fsp3) is 0.316. The molecule has 0 aromatic heterocycles. The van der Waals surface area contributed by atoms with Crippen LogP contribution in [0.5, 0.6) is 17.2 Å². The molecule has 0 heterocycles. The summed E-state index contributed by atoms with van der Waals surface area (Å²) in [5.74, 6) is 0.783. The molecule has 0 fully saturated rings. The van der Waals surface area contributed by atoms with Crippen molar-refractivity contribution in [1.82, 2.24) is 0 Å². The summed E-state index contributed by atoms with van der Waals surface area (Å²) in [4.78, 5) is 13.2. The number of ether oxygens (including phenoxy) is 3. The van der Waals surface area contributed by atoms with Crippen molar-refractivity contribution in [3.8, 4) is 17.2 Å². The molecular formula is C19H24FN2O4+. The highest BCUT2D eigenvalue weighted by Crippen LogP contribution is 2.28. The maximum absolute atomic E-state index is 13.8. The number of hydrogen-bond acceptors (Lipinski definition) is 4. The molecule has 0 aliphatic carbocycles. The predicted molar refractivity (Wildman–Crippen MR) is 96.6 cm³/mol. The highest BCUT2D eigenvalue weighted by molar-refractivity contribution is 5.93. The highest BCUT2D eigenvalue weighted by atomic mass is 19.1. The summed E-state index contributed by atoms with van der Waals surface area (Å²) in [6, 6.07) is 9.97. The molecule has 6 nitrogen and oxygen atoms in total. The Bertz CT molecular complexity index is 767. The van der Waals surface area contributed by atoms with Crippen molar-refractivity contribution in [3.05, 3.63) is 47.8 Å². The van der Waals surface area contributed by atoms with Gasteiger partial charge in [0.1, 0.15) is 18.0 Å². The van der Waals surface area contributed by atoms with Crippen LogP contribution in [0.1, 0.15) is 5.56 Å². The first kappa shape index (κ1) is 19.5. The van der Waals surface area contributed by atoms with Crippen LogP contribution in [0.3, 0.4) is 0 Å². The zero-order valence-electron chi connectivity index (χ0n) is 15.4. The number of nitrogens with one attached hydrogen (secondary N) is 2. The van der Waals surface area contributed by atoms with Gasteiger partial charge in [-0.2, -0.15) is 0 Å². The molecule has 0 bridgehead atoms. The Kier molecular flexibility index (Phi) is 6.80. The Morgan fingerprint density at radius 1 is 1.04 bits per heavy atom. The van der Waals surface area contributed by atoms with Crippen LogP contribution < -0.4 is 24.4 Å². The number of benzene rings is 2. The van der Waals surface area contributed by atoms with Crippen LogP contribution in [0, 0.1) is 5.82 Å². The second kappa shape index (κ2) is 9.05. The zero-order valence-corrected chi connectivity index (χ0v) is 15.4. The molecule has 2 rings (SSSR count). The monoisotopic (exact) mass is 363 g/mol. The minimum atomic E-state index is -0.414. The first-order valence-electron chi connectivity index (χ1n) is 8.12. The smallest absolute Gasteiger partial charge is 0.279 e. The quantitative estimate of drug-likeness (QED) is 0.746. The molecule has 0 aliphatic heterocycles. The van der Waals surface area contributed by atoms with Crippen LogP contribution in [0.4, 0.5) is 10.1 Å². The Morgan fingerprint density at radius 3 is 2.35 bits per heavy atom. The maximum atomic E-state index is 13.8. The van der Waals surface area contributed by atoms with Crippen molar-refractivity contribution in [1.29, 1.82) is 0 Å². The van der Waals surface area contributed by atoms with E-state index in [-0.39, 0.29) is 18.2 Å². The van der Waals surface area contributed by atoms with Gasteiger partial charge in [0.2, 0.25) is 0 Å². The minimum absolute atomic E-state index is 0.178. The topological polar surface area (TPSA) is 61.2 Å². The van der Waals surface area contributed by atoms with Crippen molar-refractivity contribution in [2.45, 2.75) is 6.54 Å². The van der Waals surface area contributed by atoms with Crippen LogP contribution in [-0.2, 0) is 11.3 Å². The van der Waals surface area contributed by atoms with Crippen LogP contribution in [0.2, 0.25) is 0 Å². The number of methoxy groups -OCH3 is 3. The van der Waals surface area contributed by atoms with Gasteiger partial charge in [-0.3, -0.25) is 4.79 Å². The van der Waals surface area contributed by atoms with Gasteiger partial charge in [0.25, 0.3) is 5.91 Å². The van der Waals surface area contributed by atoms with E-state index in [1.165, 1.54) is 20.3 Å². The minimum Gasteiger partial charge on any atom is -0.497 e. The van der Waals surface area contributed by atoms with Crippen LogP contribution in [0.15, 0.2) is 36.4 Å². The maximum Gasteiger partial charge on any atom is 0.279 e. The van der Waals surface area contributed by atoms with E-state index in [9.17, 15) is 9.18 Å². The normalized spacial score (nSPS) is 11.6. The van der Waals surface area contributed by atoms with Gasteiger partial charge < -0.3 is 24.4 Å². The largest absolute Gasteiger partial charge is 0.497 e. The van der Waals surface area contributed by atoms with Crippen LogP contribution >= 0.6 is 0 Å². The third kappa shape index (κ3) is 5.10. The van der Waals surface area contributed by atoms with Gasteiger partial charge in [-0.15, -0.1) is 0 Å². The molecular weight excluding hydrogens is 339 g/mol. The Balaban J connectivity index is 1.98. The zero-order chi connectivity index (χ0) is 19.1. The standard InChI is InChI=1S/C19H23FN2O4/c1-22(11-13-5-7-17(25-3)15(20)9-13)12-19(23)21-16-10-14(24-2)6-8-18(16)26-4/h5-10H,11-12H2,1-4H3,(H,21,23)/p+1. The Labute approximate surface area is 152 Å². The molecule has 1 unspecified atom stereocenters. The second-order valence-corrected chi connectivity index (χ2v) is 5.89. The number of quaternary nitrogens is 1. The number of rotatable bonds is 8. The average molecular weight is 363 g/mol. The SMILES string of the molecule is COc1ccc(OC)c(NC(=O)C[NH+](C)Cc2ccc(OC)c(F)c2)c1. The summed E-state index contributed by atoms with van der Waals surface area (Å²) in [7, 11) is 6.38. The third-order valence-corrected chi connectivity index (χ3v) is 3.87. The first-order chi connectivity index (χ1) is 12.5. The Hall–Kier alpha value is -2.80. The summed E-state index contributed by atoms with van der Waals surface area (Å²) in [6.45, 7) is 0.720. The molecule has 2 aromatic rings. The molecule has 0 spiro atoms. The van der Waals surface area contributed by atoms with Gasteiger partial charge in [0.05, 0.1) is 34.1 Å². The van der Waals surface area contributed by atoms with E-state index in [1.54, 1.807) is 37.4 Å². The van der Waals surface area contributed by atoms with Crippen molar-refractivity contribution in [2.24, 2.45) is 0 Å². The number of carbonyl (C=O) groups excluding carboxylic acids is 1. The molecule has 2 aromatic carbocycles. The number of halogens is 1. The molecule has 26 heavy (non-hydrogen) atoms. The molecule has 0 aliphatic rings. The predicted octanol–water partition coefficient (Wildman–Crippen LogP) is 1.50. The van der Waals surface area contributed by atoms with E-state index in [0.29, 0.717) is 23.7 Å². The van der Waals surface area contributed by atoms with Crippen molar-refractivity contribution >= 4 is 11.6 Å². The lowest BCUT2D eigenvalue weighted by atomic mass is 10.2. The summed E-state index contributed by atoms with van der Waals surface area (Å²) < 4.78 is 29.1. The number of hydrogen-bond donors (Lipinski definition) is 2. The van der Waals surface area contributed by atoms with E-state index >= 15 is 0 Å². The van der Waals surface area contributed by atoms with Crippen LogP contribution in [0.25, 0.3) is 0 Å². The lowest BCUT2D eigenvalue weighted by Gasteiger charge is -2.16. The number of anilines is 1. The van der Waals surface area contributed by atoms with E-state index in [0.717, 1.165) is 10.5 Å². The summed E-state index contributed by atoms with van der Waals surface area (Å²) >= 11 is 0. The fourth-order valence-corrected chi connectivity index (χ4v) is 2.61. The molecule has 1 atom stereocenters. The van der Waals surface area contributed by atoms with E-state index in [1.807, 2.05) is 7.05 Å². The van der Waals surface area contributed by atoms with Crippen LogP contribution in [-0.4, -0.2) is 40.8 Å². The lowest BCUT2D eigenvalue weighted by molar-refractivity contribution is -0.885. The van der Waals surface area contributed by atoms with Crippen molar-refractivity contribution in [3.63, 3.8) is 0 Å². The fourth-order valence-electron chi connectivity index (χ4n) is 2.61. The van der Waals surface area contributed by atoms with E-state index in [2.05, 4.69) is 5.32 Å². The number of carbonyl (C=O) groups is 1. The molecule has 2 N–H and O–H groups in total. The highest BCUT2D eigenvalue weighted by Gasteiger charge is 2.15. The second-order valence-electron chi connectivity index (χ2n) is 5.89. The third-order valence-electron chi connectivity index (χ3n) is 3.87. The summed E-state index contributed by atoms with van der Waals surface area (Å²) in [5, 5.41) is 2.82. The van der Waals surface area contributed by atoms with Gasteiger partial charge >= 0.3 is 0 Å².